The first-order chi connectivity index (χ1) is 9.20. The zero-order chi connectivity index (χ0) is 13.7. The largest absolute Gasteiger partial charge is 0.476 e. The van der Waals surface area contributed by atoms with Crippen molar-refractivity contribution in [2.75, 3.05) is 5.75 Å². The Morgan fingerprint density at radius 1 is 1.53 bits per heavy atom. The fourth-order valence-corrected chi connectivity index (χ4v) is 2.91. The Morgan fingerprint density at radius 3 is 3.05 bits per heavy atom. The first-order valence-corrected chi connectivity index (χ1v) is 7.47. The molecule has 0 radical (unpaired) electrons. The predicted molar refractivity (Wildman–Crippen MR) is 76.3 cm³/mol. The maximum Gasteiger partial charge on any atom is 0.355 e. The van der Waals surface area contributed by atoms with Crippen molar-refractivity contribution in [1.29, 1.82) is 5.26 Å². The van der Waals surface area contributed by atoms with Crippen LogP contribution >= 0.6 is 23.1 Å². The second-order valence-electron chi connectivity index (χ2n) is 3.69. The first-order valence-electron chi connectivity index (χ1n) is 5.43. The molecule has 0 fully saturated rings. The van der Waals surface area contributed by atoms with E-state index in [9.17, 15) is 4.79 Å². The molecule has 2 aromatic rings. The summed E-state index contributed by atoms with van der Waals surface area (Å²) in [6.45, 7) is 0. The quantitative estimate of drug-likeness (QED) is 0.855. The van der Waals surface area contributed by atoms with Crippen molar-refractivity contribution in [2.45, 2.75) is 5.75 Å². The van der Waals surface area contributed by atoms with E-state index >= 15 is 0 Å². The number of hydrogen-bond donors (Lipinski definition) is 1. The van der Waals surface area contributed by atoms with Gasteiger partial charge in [-0.15, -0.1) is 23.1 Å². The van der Waals surface area contributed by atoms with Gasteiger partial charge < -0.3 is 5.11 Å². The molecule has 0 aliphatic heterocycles. The van der Waals surface area contributed by atoms with Crippen LogP contribution in [0.4, 0.5) is 0 Å². The number of aromatic nitrogens is 1. The zero-order valence-corrected chi connectivity index (χ0v) is 11.5. The maximum atomic E-state index is 10.8. The molecular formula is C13H10N2O2S2. The van der Waals surface area contributed by atoms with Gasteiger partial charge in [0.15, 0.2) is 5.69 Å². The standard InChI is InChI=1S/C13H10N2O2S2/c14-4-5-18-7-9-2-1-3-10(6-9)12-15-11(8-19-12)13(16)17/h1-3,6,8H,5,7H2,(H,16,17). The Kier molecular flexibility index (Phi) is 4.55. The minimum Gasteiger partial charge on any atom is -0.476 e. The molecule has 0 saturated heterocycles. The molecule has 4 nitrogen and oxygen atoms in total. The topological polar surface area (TPSA) is 74.0 Å². The molecule has 19 heavy (non-hydrogen) atoms. The van der Waals surface area contributed by atoms with Crippen LogP contribution in [0.2, 0.25) is 0 Å². The number of rotatable bonds is 5. The third-order valence-corrected chi connectivity index (χ3v) is 4.09. The van der Waals surface area contributed by atoms with Gasteiger partial charge in [0.05, 0.1) is 11.8 Å². The van der Waals surface area contributed by atoms with E-state index in [0.29, 0.717) is 10.8 Å². The van der Waals surface area contributed by atoms with Gasteiger partial charge in [0.2, 0.25) is 0 Å². The highest BCUT2D eigenvalue weighted by Gasteiger charge is 2.10. The van der Waals surface area contributed by atoms with Gasteiger partial charge >= 0.3 is 5.97 Å². The summed E-state index contributed by atoms with van der Waals surface area (Å²) < 4.78 is 0. The molecule has 0 aliphatic carbocycles. The van der Waals surface area contributed by atoms with Crippen molar-refractivity contribution in [3.63, 3.8) is 0 Å². The molecule has 1 N–H and O–H groups in total. The molecule has 96 valence electrons. The number of nitriles is 1. The lowest BCUT2D eigenvalue weighted by Gasteiger charge is -2.01. The molecule has 0 aliphatic rings. The monoisotopic (exact) mass is 290 g/mol. The van der Waals surface area contributed by atoms with E-state index in [0.717, 1.165) is 16.9 Å². The number of hydrogen-bond acceptors (Lipinski definition) is 5. The van der Waals surface area contributed by atoms with E-state index in [-0.39, 0.29) is 5.69 Å². The third kappa shape index (κ3) is 3.56. The van der Waals surface area contributed by atoms with Crippen molar-refractivity contribution in [3.05, 3.63) is 40.9 Å². The lowest BCUT2D eigenvalue weighted by Crippen LogP contribution is -1.95. The van der Waals surface area contributed by atoms with Crippen LogP contribution in [0.3, 0.4) is 0 Å². The SMILES string of the molecule is N#CCSCc1cccc(-c2nc(C(=O)O)cs2)c1. The number of benzene rings is 1. The van der Waals surface area contributed by atoms with Gasteiger partial charge in [0, 0.05) is 16.7 Å². The summed E-state index contributed by atoms with van der Waals surface area (Å²) in [7, 11) is 0. The van der Waals surface area contributed by atoms with E-state index in [2.05, 4.69) is 11.1 Å². The van der Waals surface area contributed by atoms with Crippen molar-refractivity contribution >= 4 is 29.1 Å². The lowest BCUT2D eigenvalue weighted by atomic mass is 10.1. The number of carboxylic acid groups (broad SMARTS) is 1. The Bertz CT molecular complexity index is 632. The fraction of sp³-hybridized carbons (Fsp3) is 0.154. The van der Waals surface area contributed by atoms with Gasteiger partial charge in [-0.2, -0.15) is 5.26 Å². The van der Waals surface area contributed by atoms with Gasteiger partial charge in [-0.05, 0) is 11.6 Å². The van der Waals surface area contributed by atoms with Crippen molar-refractivity contribution in [2.24, 2.45) is 0 Å². The first kappa shape index (κ1) is 13.6. The van der Waals surface area contributed by atoms with E-state index < -0.39 is 5.97 Å². The molecule has 0 spiro atoms. The van der Waals surface area contributed by atoms with Crippen LogP contribution in [0, 0.1) is 11.3 Å². The highest BCUT2D eigenvalue weighted by molar-refractivity contribution is 7.98. The number of thioether (sulfide) groups is 1. The highest BCUT2D eigenvalue weighted by atomic mass is 32.2. The van der Waals surface area contributed by atoms with Gasteiger partial charge in [-0.1, -0.05) is 18.2 Å². The minimum atomic E-state index is -1.01. The molecule has 0 amide bonds. The van der Waals surface area contributed by atoms with Crippen LogP contribution in [0.15, 0.2) is 29.6 Å². The Balaban J connectivity index is 2.17. The Morgan fingerprint density at radius 2 is 2.37 bits per heavy atom. The van der Waals surface area contributed by atoms with Gasteiger partial charge in [-0.3, -0.25) is 0 Å². The van der Waals surface area contributed by atoms with Gasteiger partial charge in [-0.25, -0.2) is 9.78 Å². The Hall–Kier alpha value is -1.84. The van der Waals surface area contributed by atoms with Crippen LogP contribution in [-0.4, -0.2) is 21.8 Å². The molecule has 0 bridgehead atoms. The maximum absolute atomic E-state index is 10.8. The molecule has 0 saturated carbocycles. The molecule has 1 aromatic heterocycles. The average Bonchev–Trinajstić information content (AvgIpc) is 2.89. The summed E-state index contributed by atoms with van der Waals surface area (Å²) in [5.41, 5.74) is 2.08. The normalized spacial score (nSPS) is 10.1. The minimum absolute atomic E-state index is 0.0734. The summed E-state index contributed by atoms with van der Waals surface area (Å²) in [5.74, 6) is 0.215. The van der Waals surface area contributed by atoms with E-state index in [4.69, 9.17) is 10.4 Å². The molecule has 0 unspecified atom stereocenters. The summed E-state index contributed by atoms with van der Waals surface area (Å²) in [4.78, 5) is 14.9. The third-order valence-electron chi connectivity index (χ3n) is 2.33. The van der Waals surface area contributed by atoms with Gasteiger partial charge in [0.25, 0.3) is 0 Å². The van der Waals surface area contributed by atoms with Crippen molar-refractivity contribution in [3.8, 4) is 16.6 Å². The molecule has 2 rings (SSSR count). The number of thiazole rings is 1. The fourth-order valence-electron chi connectivity index (χ4n) is 1.51. The Labute approximate surface area is 118 Å². The van der Waals surface area contributed by atoms with Crippen molar-refractivity contribution < 1.29 is 9.90 Å². The van der Waals surface area contributed by atoms with Crippen LogP contribution in [0.1, 0.15) is 16.1 Å². The van der Waals surface area contributed by atoms with E-state index in [1.807, 2.05) is 24.3 Å². The number of aromatic carboxylic acids is 1. The van der Waals surface area contributed by atoms with E-state index in [1.54, 1.807) is 11.8 Å². The molecule has 1 heterocycles. The molecule has 6 heteroatoms. The molecule has 0 atom stereocenters. The van der Waals surface area contributed by atoms with Gasteiger partial charge in [0.1, 0.15) is 5.01 Å². The summed E-state index contributed by atoms with van der Waals surface area (Å²) in [6.07, 6.45) is 0. The van der Waals surface area contributed by atoms with Crippen molar-refractivity contribution in [1.82, 2.24) is 4.98 Å². The van der Waals surface area contributed by atoms with Crippen LogP contribution in [0.5, 0.6) is 0 Å². The second-order valence-corrected chi connectivity index (χ2v) is 5.54. The van der Waals surface area contributed by atoms with Crippen LogP contribution in [0.25, 0.3) is 10.6 Å². The smallest absolute Gasteiger partial charge is 0.355 e. The zero-order valence-electron chi connectivity index (χ0n) is 9.87. The summed E-state index contributed by atoms with van der Waals surface area (Å²) in [6, 6.07) is 9.88. The molecular weight excluding hydrogens is 280 g/mol. The molecule has 1 aromatic carbocycles. The average molecular weight is 290 g/mol. The highest BCUT2D eigenvalue weighted by Crippen LogP contribution is 2.25. The second kappa shape index (κ2) is 6.36. The number of nitrogens with zero attached hydrogens (tertiary/aromatic N) is 2. The number of carboxylic acids is 1. The predicted octanol–water partition coefficient (Wildman–Crippen LogP) is 3.27. The van der Waals surface area contributed by atoms with E-state index in [1.165, 1.54) is 16.7 Å². The van der Waals surface area contributed by atoms with Crippen LogP contribution in [-0.2, 0) is 5.75 Å². The summed E-state index contributed by atoms with van der Waals surface area (Å²) >= 11 is 2.87. The van der Waals surface area contributed by atoms with Crippen LogP contribution < -0.4 is 0 Å². The lowest BCUT2D eigenvalue weighted by molar-refractivity contribution is 0.0691. The number of carbonyl (C=O) groups is 1. The summed E-state index contributed by atoms with van der Waals surface area (Å²) in [5, 5.41) is 19.6.